The number of carbonyl (C=O) groups is 1. The maximum Gasteiger partial charge on any atom is 0.351 e. The minimum Gasteiger partial charge on any atom is -0.382 e. The molecule has 2 aliphatic heterocycles. The van der Waals surface area contributed by atoms with E-state index in [2.05, 4.69) is 15.1 Å². The summed E-state index contributed by atoms with van der Waals surface area (Å²) in [6.07, 6.45) is -0.216. The number of benzene rings is 1. The molecule has 1 N–H and O–H groups in total. The van der Waals surface area contributed by atoms with Crippen molar-refractivity contribution < 1.29 is 28.1 Å². The van der Waals surface area contributed by atoms with Gasteiger partial charge in [0, 0.05) is 25.5 Å². The number of rotatable bonds is 11. The highest BCUT2D eigenvalue weighted by atomic mass is 31.2. The lowest BCUT2D eigenvalue weighted by atomic mass is 9.90. The molecule has 12 heteroatoms. The summed E-state index contributed by atoms with van der Waals surface area (Å²) in [6, 6.07) is 10.2. The maximum atomic E-state index is 13.0. The van der Waals surface area contributed by atoms with Crippen LogP contribution in [0.3, 0.4) is 0 Å². The van der Waals surface area contributed by atoms with Crippen molar-refractivity contribution >= 4 is 20.1 Å². The Bertz CT molecular complexity index is 1160. The van der Waals surface area contributed by atoms with Gasteiger partial charge in [-0.3, -0.25) is 9.36 Å². The van der Waals surface area contributed by atoms with Gasteiger partial charge < -0.3 is 33.4 Å². The van der Waals surface area contributed by atoms with Crippen LogP contribution in [0.5, 0.6) is 0 Å². The topological polar surface area (TPSA) is 114 Å². The molecular weight excluding hydrogens is 487 g/mol. The van der Waals surface area contributed by atoms with Crippen LogP contribution in [0.15, 0.2) is 47.4 Å². The van der Waals surface area contributed by atoms with Crippen LogP contribution in [0, 0.1) is 6.57 Å². The van der Waals surface area contributed by atoms with Gasteiger partial charge in [-0.05, 0) is 24.6 Å². The quantitative estimate of drug-likeness (QED) is 0.276. The van der Waals surface area contributed by atoms with E-state index in [-0.39, 0.29) is 24.9 Å². The largest absolute Gasteiger partial charge is 0.382 e. The molecular formula is C24H29N4O7P. The number of ether oxygens (including phenoxy) is 3. The number of hydrogen-bond donors (Lipinski definition) is 1. The van der Waals surface area contributed by atoms with Crippen LogP contribution < -0.4 is 11.0 Å². The summed E-state index contributed by atoms with van der Waals surface area (Å²) in [7, 11) is 0.277. The van der Waals surface area contributed by atoms with Gasteiger partial charge in [-0.15, -0.1) is 0 Å². The molecule has 11 nitrogen and oxygen atoms in total. The second-order valence-electron chi connectivity index (χ2n) is 8.37. The number of anilines is 1. The van der Waals surface area contributed by atoms with Crippen molar-refractivity contribution in [2.24, 2.45) is 0 Å². The Morgan fingerprint density at radius 2 is 2.11 bits per heavy atom. The molecule has 2 fully saturated rings. The van der Waals surface area contributed by atoms with E-state index >= 15 is 0 Å². The summed E-state index contributed by atoms with van der Waals surface area (Å²) < 4.78 is 31.4. The molecule has 192 valence electrons. The zero-order valence-electron chi connectivity index (χ0n) is 20.3. The Labute approximate surface area is 210 Å². The van der Waals surface area contributed by atoms with E-state index < -0.39 is 44.2 Å². The van der Waals surface area contributed by atoms with E-state index in [1.807, 2.05) is 19.7 Å². The Hall–Kier alpha value is -2.71. The first kappa shape index (κ1) is 26.4. The number of aromatic nitrogens is 2. The van der Waals surface area contributed by atoms with Crippen LogP contribution >= 0.6 is 8.38 Å². The Kier molecular flexibility index (Phi) is 8.46. The number of fused-ring (bicyclic) bond motifs is 2. The zero-order valence-corrected chi connectivity index (χ0v) is 21.2. The standard InChI is InChI=1S/C24H29N4O7P/c1-5-24-17(15-31-3)33-19(20(24)35-36(4)32-14-12-25-2)22(34-24)28-13-11-18(27-23(28)30)26-21(29)16-9-7-6-8-10-16/h6-11,13,17,19-20,22H,5,12,14-15H2,1,3-4H3,(H,26,27,29,30)/t17-,19-,20+,22-,24+,36?/m1/s1. The average Bonchev–Trinajstić information content (AvgIpc) is 3.33. The smallest absolute Gasteiger partial charge is 0.351 e. The number of hydrogen-bond acceptors (Lipinski definition) is 8. The van der Waals surface area contributed by atoms with E-state index in [1.54, 1.807) is 37.4 Å². The molecule has 1 unspecified atom stereocenters. The lowest BCUT2D eigenvalue weighted by Crippen LogP contribution is -2.50. The van der Waals surface area contributed by atoms with Crippen molar-refractivity contribution in [1.82, 2.24) is 9.55 Å². The molecule has 1 amide bonds. The Balaban J connectivity index is 1.54. The first-order valence-corrected chi connectivity index (χ1v) is 13.2. The second-order valence-corrected chi connectivity index (χ2v) is 9.71. The van der Waals surface area contributed by atoms with E-state index in [9.17, 15) is 9.59 Å². The average molecular weight is 516 g/mol. The van der Waals surface area contributed by atoms with Crippen LogP contribution in [-0.2, 0) is 23.3 Å². The van der Waals surface area contributed by atoms with Crippen molar-refractivity contribution in [3.8, 4) is 0 Å². The van der Waals surface area contributed by atoms with Gasteiger partial charge in [0.05, 0.1) is 6.61 Å². The molecule has 0 aliphatic carbocycles. The van der Waals surface area contributed by atoms with Crippen LogP contribution in [0.4, 0.5) is 5.82 Å². The van der Waals surface area contributed by atoms with Crippen LogP contribution in [0.25, 0.3) is 4.85 Å². The minimum absolute atomic E-state index is 0.134. The Morgan fingerprint density at radius 3 is 2.78 bits per heavy atom. The van der Waals surface area contributed by atoms with Crippen LogP contribution in [0.2, 0.25) is 0 Å². The highest BCUT2D eigenvalue weighted by Crippen LogP contribution is 2.55. The Morgan fingerprint density at radius 1 is 1.33 bits per heavy atom. The van der Waals surface area contributed by atoms with Crippen LogP contribution in [0.1, 0.15) is 29.9 Å². The fraction of sp³-hybridized carbons (Fsp3) is 0.500. The van der Waals surface area contributed by atoms with Crippen molar-refractivity contribution in [1.29, 1.82) is 0 Å². The number of nitrogens with one attached hydrogen (secondary N) is 1. The SMILES string of the molecule is [C-]#[N+]CCOP(C)O[C@H]1[C@H]2O[C@H](COC)[C@]1(CC)O[C@H]2n1ccc(NC(=O)c2ccccc2)nc1=O. The van der Waals surface area contributed by atoms with Gasteiger partial charge in [0.25, 0.3) is 5.91 Å². The fourth-order valence-corrected chi connectivity index (χ4v) is 5.57. The second kappa shape index (κ2) is 11.6. The number of amides is 1. The first-order chi connectivity index (χ1) is 17.4. The molecule has 0 radical (unpaired) electrons. The van der Waals surface area contributed by atoms with Gasteiger partial charge in [0.2, 0.25) is 6.54 Å². The third-order valence-electron chi connectivity index (χ3n) is 6.26. The summed E-state index contributed by atoms with van der Waals surface area (Å²) in [5, 5.41) is 2.64. The molecule has 1 aromatic carbocycles. The molecule has 4 rings (SSSR count). The summed E-state index contributed by atoms with van der Waals surface area (Å²) >= 11 is 0. The molecule has 1 aromatic heterocycles. The zero-order chi connectivity index (χ0) is 25.7. The van der Waals surface area contributed by atoms with Crippen molar-refractivity contribution in [3.05, 3.63) is 70.1 Å². The number of carbonyl (C=O) groups excluding carboxylic acids is 1. The monoisotopic (exact) mass is 516 g/mol. The number of methoxy groups -OCH3 is 1. The molecule has 2 bridgehead atoms. The van der Waals surface area contributed by atoms with Gasteiger partial charge in [-0.25, -0.2) is 11.4 Å². The summed E-state index contributed by atoms with van der Waals surface area (Å²) in [5.41, 5.74) is -0.996. The minimum atomic E-state index is -1.31. The van der Waals surface area contributed by atoms with Gasteiger partial charge in [-0.2, -0.15) is 4.98 Å². The molecule has 2 saturated heterocycles. The molecule has 2 aromatic rings. The molecule has 0 saturated carbocycles. The molecule has 2 aliphatic rings. The van der Waals surface area contributed by atoms with E-state index in [0.717, 1.165) is 0 Å². The fourth-order valence-electron chi connectivity index (χ4n) is 4.56. The van der Waals surface area contributed by atoms with Gasteiger partial charge in [-0.1, -0.05) is 25.1 Å². The highest BCUT2D eigenvalue weighted by Gasteiger charge is 2.67. The lowest BCUT2D eigenvalue weighted by Gasteiger charge is -2.37. The normalized spacial score (nSPS) is 27.5. The van der Waals surface area contributed by atoms with E-state index in [0.29, 0.717) is 18.6 Å². The summed E-state index contributed by atoms with van der Waals surface area (Å²) in [4.78, 5) is 32.7. The van der Waals surface area contributed by atoms with Gasteiger partial charge >= 0.3 is 5.69 Å². The molecule has 36 heavy (non-hydrogen) atoms. The number of nitrogens with zero attached hydrogens (tertiary/aromatic N) is 3. The molecule has 3 heterocycles. The summed E-state index contributed by atoms with van der Waals surface area (Å²) in [6.45, 7) is 11.5. The predicted octanol–water partition coefficient (Wildman–Crippen LogP) is 2.85. The van der Waals surface area contributed by atoms with E-state index in [4.69, 9.17) is 29.8 Å². The highest BCUT2D eigenvalue weighted by molar-refractivity contribution is 7.46. The van der Waals surface area contributed by atoms with Gasteiger partial charge in [0.15, 0.2) is 14.6 Å². The van der Waals surface area contributed by atoms with Crippen molar-refractivity contribution in [2.45, 2.75) is 43.5 Å². The van der Waals surface area contributed by atoms with E-state index in [1.165, 1.54) is 10.8 Å². The maximum absolute atomic E-state index is 13.0. The third kappa shape index (κ3) is 5.20. The summed E-state index contributed by atoms with van der Waals surface area (Å²) in [5.74, 6) is -0.232. The van der Waals surface area contributed by atoms with Crippen LogP contribution in [-0.4, -0.2) is 72.9 Å². The van der Waals surface area contributed by atoms with Crippen molar-refractivity contribution in [2.75, 3.05) is 38.8 Å². The molecule has 0 spiro atoms. The predicted molar refractivity (Wildman–Crippen MR) is 132 cm³/mol. The van der Waals surface area contributed by atoms with Gasteiger partial charge in [0.1, 0.15) is 36.3 Å². The first-order valence-electron chi connectivity index (χ1n) is 11.6. The molecule has 6 atom stereocenters. The van der Waals surface area contributed by atoms with Crippen molar-refractivity contribution in [3.63, 3.8) is 0 Å². The lowest BCUT2D eigenvalue weighted by molar-refractivity contribution is -0.223. The third-order valence-corrected chi connectivity index (χ3v) is 7.33.